The van der Waals surface area contributed by atoms with Crippen LogP contribution in [0.2, 0.25) is 0 Å². The predicted molar refractivity (Wildman–Crippen MR) is 240 cm³/mol. The molecule has 0 saturated carbocycles. The largest absolute Gasteiger partial charge is 0.472 e. The number of nitrogens with zero attached hydrogens (tertiary/aromatic N) is 1. The van der Waals surface area contributed by atoms with Crippen molar-refractivity contribution in [1.82, 2.24) is 5.32 Å². The van der Waals surface area contributed by atoms with Gasteiger partial charge in [0.2, 0.25) is 5.91 Å². The third-order valence-electron chi connectivity index (χ3n) is 9.36. The molecule has 0 spiro atoms. The predicted octanol–water partition coefficient (Wildman–Crippen LogP) is 13.3. The van der Waals surface area contributed by atoms with Crippen LogP contribution in [0, 0.1) is 0 Å². The Hall–Kier alpha value is -1.02. The summed E-state index contributed by atoms with van der Waals surface area (Å²) in [5.74, 6) is -0.296. The minimum absolute atomic E-state index is 0.00781. The minimum atomic E-state index is -4.43. The molecule has 9 heteroatoms. The van der Waals surface area contributed by atoms with E-state index in [1.807, 2.05) is 27.2 Å². The van der Waals surface area contributed by atoms with Crippen LogP contribution < -0.4 is 5.32 Å². The maximum absolute atomic E-state index is 13.0. The number of rotatable bonds is 43. The second-order valence-corrected chi connectivity index (χ2v) is 17.2. The van der Waals surface area contributed by atoms with E-state index in [9.17, 15) is 19.4 Å². The van der Waals surface area contributed by atoms with E-state index in [1.165, 1.54) is 63.9 Å². The van der Waals surface area contributed by atoms with Crippen molar-refractivity contribution < 1.29 is 56.2 Å². The van der Waals surface area contributed by atoms with Gasteiger partial charge in [-0.1, -0.05) is 192 Å². The summed E-state index contributed by atoms with van der Waals surface area (Å²) < 4.78 is 159. The Morgan fingerprint density at radius 1 is 0.714 bits per heavy atom. The number of aliphatic hydroxyl groups excluding tert-OH is 1. The van der Waals surface area contributed by atoms with Gasteiger partial charge in [-0.3, -0.25) is 13.8 Å². The molecule has 1 unspecified atom stereocenters. The molecular weight excluding hydrogens is 719 g/mol. The molecule has 0 fully saturated rings. The SMILES string of the molecule is [2H]C([2H])([2H])C([2H])([2H])C([2H])([2H])C([2H])([2H])C([2H])([2H])C([2H])([2H])C([2H])([2H])C([2H])([2H])/C=C\CCCCCCCCCCCCCC(=O)N[C@@H](COP(=O)(O)OCC[N+](C)(C)C)[C@H](O)/C=C/CCCCCCCCCCCCC. The fraction of sp³-hybridized carbons (Fsp3) is 0.894. The molecule has 0 radical (unpaired) electrons. The van der Waals surface area contributed by atoms with E-state index in [1.54, 1.807) is 6.08 Å². The first-order chi connectivity index (χ1) is 33.4. The Bertz CT molecular complexity index is 1650. The molecule has 0 aliphatic rings. The quantitative estimate of drug-likeness (QED) is 0.0245. The fourth-order valence-electron chi connectivity index (χ4n) is 5.93. The van der Waals surface area contributed by atoms with Crippen LogP contribution in [0.3, 0.4) is 0 Å². The summed E-state index contributed by atoms with van der Waals surface area (Å²) in [4.78, 5) is 23.2. The highest BCUT2D eigenvalue weighted by Gasteiger charge is 2.27. The molecule has 3 atom stereocenters. The summed E-state index contributed by atoms with van der Waals surface area (Å²) >= 11 is 0. The number of phosphoric ester groups is 1. The summed E-state index contributed by atoms with van der Waals surface area (Å²) in [6.45, 7) is -1.53. The maximum Gasteiger partial charge on any atom is 0.472 e. The smallest absolute Gasteiger partial charge is 0.387 e. The zero-order chi connectivity index (χ0) is 56.5. The molecule has 1 amide bonds. The van der Waals surface area contributed by atoms with E-state index >= 15 is 0 Å². The van der Waals surface area contributed by atoms with Crippen molar-refractivity contribution in [3.63, 3.8) is 0 Å². The van der Waals surface area contributed by atoms with Gasteiger partial charge in [-0.15, -0.1) is 0 Å². The van der Waals surface area contributed by atoms with E-state index < -0.39 is 78.0 Å². The summed E-state index contributed by atoms with van der Waals surface area (Å²) in [7, 11) is 1.33. The van der Waals surface area contributed by atoms with Gasteiger partial charge in [0, 0.05) is 29.7 Å². The van der Waals surface area contributed by atoms with Crippen molar-refractivity contribution in [3.8, 4) is 0 Å². The van der Waals surface area contributed by atoms with Gasteiger partial charge >= 0.3 is 7.82 Å². The molecule has 0 bridgehead atoms. The molecule has 0 heterocycles. The van der Waals surface area contributed by atoms with E-state index in [0.717, 1.165) is 77.0 Å². The van der Waals surface area contributed by atoms with Crippen LogP contribution in [0.25, 0.3) is 0 Å². The average Bonchev–Trinajstić information content (AvgIpc) is 3.26. The van der Waals surface area contributed by atoms with Gasteiger partial charge in [0.15, 0.2) is 0 Å². The Kier molecular flexibility index (Phi) is 22.4. The van der Waals surface area contributed by atoms with Crippen molar-refractivity contribution in [2.75, 3.05) is 40.9 Å². The van der Waals surface area contributed by atoms with E-state index in [0.29, 0.717) is 29.9 Å². The number of carbonyl (C=O) groups excluding carboxylic acids is 1. The van der Waals surface area contributed by atoms with Crippen molar-refractivity contribution in [2.45, 2.75) is 231 Å². The van der Waals surface area contributed by atoms with Gasteiger partial charge in [0.25, 0.3) is 0 Å². The molecule has 0 aromatic rings. The molecule has 56 heavy (non-hydrogen) atoms. The maximum atomic E-state index is 13.0. The van der Waals surface area contributed by atoms with Crippen LogP contribution in [0.4, 0.5) is 0 Å². The molecule has 332 valence electrons. The van der Waals surface area contributed by atoms with Crippen LogP contribution in [0.5, 0.6) is 0 Å². The molecule has 0 aromatic carbocycles. The molecule has 0 aliphatic heterocycles. The molecule has 0 aromatic heterocycles. The number of hydrogen-bond acceptors (Lipinski definition) is 5. The minimum Gasteiger partial charge on any atom is -0.387 e. The molecule has 3 N–H and O–H groups in total. The molecular formula is C47H94N2O6P+. The van der Waals surface area contributed by atoms with Crippen molar-refractivity contribution in [1.29, 1.82) is 0 Å². The van der Waals surface area contributed by atoms with E-state index in [2.05, 4.69) is 12.2 Å². The van der Waals surface area contributed by atoms with Crippen LogP contribution >= 0.6 is 7.82 Å². The molecule has 0 saturated heterocycles. The zero-order valence-electron chi connectivity index (χ0n) is 52.7. The highest BCUT2D eigenvalue weighted by Crippen LogP contribution is 2.43. The lowest BCUT2D eigenvalue weighted by Crippen LogP contribution is -2.45. The number of unbranched alkanes of at least 4 members (excludes halogenated alkanes) is 22. The number of amides is 1. The lowest BCUT2D eigenvalue weighted by molar-refractivity contribution is -0.870. The van der Waals surface area contributed by atoms with E-state index in [-0.39, 0.29) is 25.4 Å². The number of phosphoric acid groups is 1. The zero-order valence-corrected chi connectivity index (χ0v) is 36.6. The number of nitrogens with one attached hydrogen (secondary N) is 1. The highest BCUT2D eigenvalue weighted by molar-refractivity contribution is 7.47. The molecule has 0 rings (SSSR count). The first-order valence-corrected chi connectivity index (χ1v) is 23.1. The summed E-state index contributed by atoms with van der Waals surface area (Å²) in [6.07, 6.45) is 0.597. The van der Waals surface area contributed by atoms with Crippen LogP contribution in [-0.4, -0.2) is 73.4 Å². The monoisotopic (exact) mass is 831 g/mol. The van der Waals surface area contributed by atoms with Gasteiger partial charge in [-0.25, -0.2) is 4.57 Å². The third-order valence-corrected chi connectivity index (χ3v) is 10.3. The van der Waals surface area contributed by atoms with Crippen molar-refractivity contribution in [3.05, 3.63) is 24.3 Å². The molecule has 8 nitrogen and oxygen atoms in total. The summed E-state index contributed by atoms with van der Waals surface area (Å²) in [5.41, 5.74) is 0. The first kappa shape index (κ1) is 31.8. The Balaban J connectivity index is 4.83. The highest BCUT2D eigenvalue weighted by atomic mass is 31.2. The Morgan fingerprint density at radius 2 is 1.21 bits per heavy atom. The number of allylic oxidation sites excluding steroid dienone is 3. The lowest BCUT2D eigenvalue weighted by Gasteiger charge is -2.25. The number of hydrogen-bond donors (Lipinski definition) is 3. The third kappa shape index (κ3) is 41.2. The Morgan fingerprint density at radius 3 is 1.77 bits per heavy atom. The topological polar surface area (TPSA) is 105 Å². The van der Waals surface area contributed by atoms with Gasteiger partial charge in [0.1, 0.15) is 13.2 Å². The van der Waals surface area contributed by atoms with Gasteiger partial charge in [0.05, 0.1) is 39.9 Å². The van der Waals surface area contributed by atoms with Gasteiger partial charge in [-0.05, 0) is 44.8 Å². The number of carbonyl (C=O) groups is 1. The summed E-state index contributed by atoms with van der Waals surface area (Å²) in [6, 6.07) is -0.952. The van der Waals surface area contributed by atoms with Crippen molar-refractivity contribution >= 4 is 13.7 Å². The van der Waals surface area contributed by atoms with Crippen LogP contribution in [0.1, 0.15) is 242 Å². The van der Waals surface area contributed by atoms with Crippen LogP contribution in [-0.2, 0) is 18.4 Å². The number of aliphatic hydroxyl groups is 1. The van der Waals surface area contributed by atoms with E-state index in [4.69, 9.17) is 32.4 Å². The van der Waals surface area contributed by atoms with Gasteiger partial charge in [-0.2, -0.15) is 0 Å². The van der Waals surface area contributed by atoms with Crippen molar-refractivity contribution in [2.24, 2.45) is 0 Å². The first-order valence-electron chi connectivity index (χ1n) is 30.1. The van der Waals surface area contributed by atoms with Crippen LogP contribution in [0.15, 0.2) is 24.3 Å². The van der Waals surface area contributed by atoms with Gasteiger partial charge < -0.3 is 19.8 Å². The lowest BCUT2D eigenvalue weighted by atomic mass is 10.0. The normalized spacial score (nSPS) is 21.0. The number of likely N-dealkylation sites (N-methyl/N-ethyl adjacent to an activating group) is 1. The standard InChI is InChI=1S/C47H93N2O6P/c1-6-8-10-12-14-16-18-20-21-22-23-24-25-26-27-29-31-33-35-37-39-41-47(51)48-45(44-55-56(52,53)54-43-42-49(3,4)5)46(50)40-38-36-34-32-30-28-19-17-15-13-11-9-7-2/h20-21,38,40,45-46,50H,6-19,22-37,39,41-44H2,1-5H3,(H-,48,51,52,53)/p+1/b21-20-,40-38+/t45-,46+/m0/s1/i1D3,6D2,8D2,10D2,12D2,14D2,16D2,18D2. The Labute approximate surface area is 371 Å². The average molecular weight is 831 g/mol. The summed E-state index contributed by atoms with van der Waals surface area (Å²) in [5, 5.41) is 13.8. The second kappa shape index (κ2) is 39.4. The fourth-order valence-corrected chi connectivity index (χ4v) is 6.66. The number of quaternary nitrogens is 1. The second-order valence-electron chi connectivity index (χ2n) is 15.8. The molecule has 0 aliphatic carbocycles.